The third-order valence-corrected chi connectivity index (χ3v) is 3.12. The van der Waals surface area contributed by atoms with Crippen LogP contribution in [0.15, 0.2) is 0 Å². The Hall–Kier alpha value is -0.0800. The molecule has 0 saturated carbocycles. The van der Waals surface area contributed by atoms with Gasteiger partial charge in [-0.1, -0.05) is 20.8 Å². The summed E-state index contributed by atoms with van der Waals surface area (Å²) in [5, 5.41) is 5.14. The van der Waals surface area contributed by atoms with E-state index in [1.54, 1.807) is 0 Å². The Morgan fingerprint density at radius 1 is 1.07 bits per heavy atom. The molecule has 14 heavy (non-hydrogen) atoms. The lowest BCUT2D eigenvalue weighted by Gasteiger charge is -2.39. The fourth-order valence-corrected chi connectivity index (χ4v) is 2.19. The maximum absolute atomic E-state index is 2.58. The van der Waals surface area contributed by atoms with Crippen molar-refractivity contribution < 1.29 is 0 Å². The summed E-state index contributed by atoms with van der Waals surface area (Å²) in [7, 11) is 0. The van der Waals surface area contributed by atoms with E-state index in [1.807, 2.05) is 0 Å². The van der Waals surface area contributed by atoms with Gasteiger partial charge < -0.3 is 0 Å². The summed E-state index contributed by atoms with van der Waals surface area (Å²) in [4.78, 5) is 0. The average molecular weight is 198 g/mol. The van der Waals surface area contributed by atoms with E-state index in [0.29, 0.717) is 0 Å². The van der Waals surface area contributed by atoms with E-state index in [1.165, 1.54) is 51.9 Å². The monoisotopic (exact) mass is 198 g/mol. The molecular formula is C12H26N2. The van der Waals surface area contributed by atoms with Gasteiger partial charge in [0.2, 0.25) is 0 Å². The zero-order chi connectivity index (χ0) is 10.4. The van der Waals surface area contributed by atoms with Crippen molar-refractivity contribution in [2.45, 2.75) is 46.5 Å². The predicted octanol–water partition coefficient (Wildman–Crippen LogP) is 2.76. The molecule has 0 spiro atoms. The quantitative estimate of drug-likeness (QED) is 0.670. The van der Waals surface area contributed by atoms with Gasteiger partial charge in [-0.15, -0.1) is 0 Å². The van der Waals surface area contributed by atoms with Crippen LogP contribution in [-0.4, -0.2) is 36.2 Å². The normalized spacial score (nSPS) is 20.6. The molecule has 1 saturated heterocycles. The minimum atomic E-state index is 0.941. The van der Waals surface area contributed by atoms with Crippen LogP contribution in [0.5, 0.6) is 0 Å². The Morgan fingerprint density at radius 2 is 1.57 bits per heavy atom. The molecule has 0 bridgehead atoms. The van der Waals surface area contributed by atoms with Crippen molar-refractivity contribution in [3.8, 4) is 0 Å². The second-order valence-corrected chi connectivity index (χ2v) is 4.59. The highest BCUT2D eigenvalue weighted by atomic mass is 15.6. The minimum absolute atomic E-state index is 0.941. The van der Waals surface area contributed by atoms with E-state index in [4.69, 9.17) is 0 Å². The second kappa shape index (κ2) is 6.41. The van der Waals surface area contributed by atoms with E-state index >= 15 is 0 Å². The predicted molar refractivity (Wildman–Crippen MR) is 62.1 cm³/mol. The Kier molecular flexibility index (Phi) is 5.49. The largest absolute Gasteiger partial charge is 0.242 e. The highest BCUT2D eigenvalue weighted by Gasteiger charge is 2.19. The van der Waals surface area contributed by atoms with Gasteiger partial charge in [-0.25, -0.2) is 10.0 Å². The highest BCUT2D eigenvalue weighted by molar-refractivity contribution is 4.68. The van der Waals surface area contributed by atoms with Crippen LogP contribution in [0, 0.1) is 5.92 Å². The van der Waals surface area contributed by atoms with E-state index in [-0.39, 0.29) is 0 Å². The summed E-state index contributed by atoms with van der Waals surface area (Å²) >= 11 is 0. The van der Waals surface area contributed by atoms with Crippen LogP contribution >= 0.6 is 0 Å². The summed E-state index contributed by atoms with van der Waals surface area (Å²) in [6.07, 6.45) is 5.30. The van der Waals surface area contributed by atoms with Gasteiger partial charge >= 0.3 is 0 Å². The van der Waals surface area contributed by atoms with Crippen molar-refractivity contribution in [2.24, 2.45) is 5.92 Å². The first-order valence-corrected chi connectivity index (χ1v) is 6.27. The van der Waals surface area contributed by atoms with Crippen molar-refractivity contribution in [3.05, 3.63) is 0 Å². The molecule has 1 aliphatic rings. The van der Waals surface area contributed by atoms with E-state index in [9.17, 15) is 0 Å². The van der Waals surface area contributed by atoms with Crippen LogP contribution in [0.2, 0.25) is 0 Å². The molecule has 0 aliphatic carbocycles. The van der Waals surface area contributed by atoms with Crippen molar-refractivity contribution in [2.75, 3.05) is 26.2 Å². The molecule has 2 heteroatoms. The number of hydrazine groups is 1. The summed E-state index contributed by atoms with van der Waals surface area (Å²) in [5.74, 6) is 0.941. The van der Waals surface area contributed by atoms with E-state index in [2.05, 4.69) is 30.8 Å². The second-order valence-electron chi connectivity index (χ2n) is 4.59. The first-order chi connectivity index (χ1) is 6.77. The topological polar surface area (TPSA) is 6.48 Å². The molecular weight excluding hydrogens is 172 g/mol. The Labute approximate surface area is 89.2 Å². The molecule has 0 atom stereocenters. The molecule has 84 valence electrons. The van der Waals surface area contributed by atoms with Crippen molar-refractivity contribution in [1.82, 2.24) is 10.0 Å². The standard InChI is InChI=1S/C12H26N2/c1-4-8-13(9-5-2)14-10-6-12(3)7-11-14/h12H,4-11H2,1-3H3. The lowest BCUT2D eigenvalue weighted by atomic mass is 10.0. The molecule has 1 aliphatic heterocycles. The smallest absolute Gasteiger partial charge is 0.0135 e. The van der Waals surface area contributed by atoms with Crippen molar-refractivity contribution in [1.29, 1.82) is 0 Å². The molecule has 2 nitrogen and oxygen atoms in total. The molecule has 1 rings (SSSR count). The lowest BCUT2D eigenvalue weighted by Crippen LogP contribution is -2.47. The van der Waals surface area contributed by atoms with Gasteiger partial charge in [0.25, 0.3) is 0 Å². The summed E-state index contributed by atoms with van der Waals surface area (Å²) in [6, 6.07) is 0. The van der Waals surface area contributed by atoms with Gasteiger partial charge in [-0.05, 0) is 31.6 Å². The summed E-state index contributed by atoms with van der Waals surface area (Å²) < 4.78 is 0. The van der Waals surface area contributed by atoms with Crippen LogP contribution in [0.25, 0.3) is 0 Å². The van der Waals surface area contributed by atoms with Crippen molar-refractivity contribution >= 4 is 0 Å². The maximum atomic E-state index is 2.58. The van der Waals surface area contributed by atoms with Crippen LogP contribution in [-0.2, 0) is 0 Å². The Bertz CT molecular complexity index is 133. The number of rotatable bonds is 5. The van der Waals surface area contributed by atoms with Gasteiger partial charge in [-0.2, -0.15) is 0 Å². The SMILES string of the molecule is CCCN(CCC)N1CCC(C)CC1. The van der Waals surface area contributed by atoms with Gasteiger partial charge in [0, 0.05) is 26.2 Å². The van der Waals surface area contributed by atoms with Gasteiger partial charge in [-0.3, -0.25) is 0 Å². The first kappa shape index (κ1) is 12.0. The number of piperidine rings is 1. The van der Waals surface area contributed by atoms with Crippen molar-refractivity contribution in [3.63, 3.8) is 0 Å². The third-order valence-electron chi connectivity index (χ3n) is 3.12. The fraction of sp³-hybridized carbons (Fsp3) is 1.00. The van der Waals surface area contributed by atoms with Crippen LogP contribution < -0.4 is 0 Å². The van der Waals surface area contributed by atoms with Crippen LogP contribution in [0.3, 0.4) is 0 Å². The minimum Gasteiger partial charge on any atom is -0.242 e. The van der Waals surface area contributed by atoms with E-state index in [0.717, 1.165) is 5.92 Å². The summed E-state index contributed by atoms with van der Waals surface area (Å²) in [6.45, 7) is 12.0. The first-order valence-electron chi connectivity index (χ1n) is 6.27. The summed E-state index contributed by atoms with van der Waals surface area (Å²) in [5.41, 5.74) is 0. The molecule has 1 fully saturated rings. The fourth-order valence-electron chi connectivity index (χ4n) is 2.19. The molecule has 0 unspecified atom stereocenters. The zero-order valence-corrected chi connectivity index (χ0v) is 10.1. The molecule has 0 radical (unpaired) electrons. The molecule has 0 aromatic carbocycles. The maximum Gasteiger partial charge on any atom is 0.0135 e. The average Bonchev–Trinajstić information content (AvgIpc) is 2.19. The molecule has 0 amide bonds. The number of nitrogens with zero attached hydrogens (tertiary/aromatic N) is 2. The molecule has 0 N–H and O–H groups in total. The zero-order valence-electron chi connectivity index (χ0n) is 10.1. The van der Waals surface area contributed by atoms with Gasteiger partial charge in [0.05, 0.1) is 0 Å². The number of hydrogen-bond acceptors (Lipinski definition) is 2. The van der Waals surface area contributed by atoms with E-state index < -0.39 is 0 Å². The highest BCUT2D eigenvalue weighted by Crippen LogP contribution is 2.17. The Morgan fingerprint density at radius 3 is 2.00 bits per heavy atom. The van der Waals surface area contributed by atoms with Gasteiger partial charge in [0.1, 0.15) is 0 Å². The molecule has 0 aromatic heterocycles. The molecule has 1 heterocycles. The Balaban J connectivity index is 2.34. The van der Waals surface area contributed by atoms with Crippen LogP contribution in [0.4, 0.5) is 0 Å². The number of hydrogen-bond donors (Lipinski definition) is 0. The van der Waals surface area contributed by atoms with Crippen LogP contribution in [0.1, 0.15) is 46.5 Å². The third kappa shape index (κ3) is 3.58. The lowest BCUT2D eigenvalue weighted by molar-refractivity contribution is -0.0477. The van der Waals surface area contributed by atoms with Gasteiger partial charge in [0.15, 0.2) is 0 Å². The molecule has 0 aromatic rings.